The number of alkyl halides is 4. The first-order chi connectivity index (χ1) is 9.20. The molecule has 0 aliphatic rings. The molecular weight excluding hydrogens is 303 g/mol. The lowest BCUT2D eigenvalue weighted by Crippen LogP contribution is -2.14. The molecule has 1 aromatic carbocycles. The van der Waals surface area contributed by atoms with E-state index in [2.05, 4.69) is 4.98 Å². The van der Waals surface area contributed by atoms with Crippen LogP contribution < -0.4 is 0 Å². The van der Waals surface area contributed by atoms with Crippen molar-refractivity contribution in [3.8, 4) is 0 Å². The summed E-state index contributed by atoms with van der Waals surface area (Å²) < 4.78 is 65.0. The molecule has 20 heavy (non-hydrogen) atoms. The third-order valence-electron chi connectivity index (χ3n) is 2.80. The van der Waals surface area contributed by atoms with Gasteiger partial charge in [0, 0.05) is 6.54 Å². The Balaban J connectivity index is 2.58. The Kier molecular flexibility index (Phi) is 3.90. The molecule has 0 N–H and O–H groups in total. The van der Waals surface area contributed by atoms with Crippen molar-refractivity contribution in [1.29, 1.82) is 0 Å². The molecule has 110 valence electrons. The molecule has 0 radical (unpaired) electrons. The average Bonchev–Trinajstić information content (AvgIpc) is 2.70. The molecule has 0 spiro atoms. The summed E-state index contributed by atoms with van der Waals surface area (Å²) in [6, 6.07) is 2.09. The number of aromatic nitrogens is 2. The molecule has 0 amide bonds. The van der Waals surface area contributed by atoms with Crippen LogP contribution in [0.25, 0.3) is 11.0 Å². The van der Waals surface area contributed by atoms with Crippen LogP contribution in [0.15, 0.2) is 12.1 Å². The van der Waals surface area contributed by atoms with Gasteiger partial charge in [0.2, 0.25) is 0 Å². The molecule has 1 heterocycles. The lowest BCUT2D eigenvalue weighted by Gasteiger charge is -2.12. The summed E-state index contributed by atoms with van der Waals surface area (Å²) in [7, 11) is 0. The quantitative estimate of drug-likeness (QED) is 0.600. The fraction of sp³-hybridized carbons (Fsp3) is 0.417. The summed E-state index contributed by atoms with van der Waals surface area (Å²) in [5.41, 5.74) is -0.217. The van der Waals surface area contributed by atoms with Gasteiger partial charge in [0.1, 0.15) is 11.3 Å². The van der Waals surface area contributed by atoms with Gasteiger partial charge >= 0.3 is 6.18 Å². The van der Waals surface area contributed by atoms with Crippen molar-refractivity contribution in [2.24, 2.45) is 0 Å². The van der Waals surface area contributed by atoms with Gasteiger partial charge in [-0.25, -0.2) is 13.8 Å². The molecule has 0 saturated heterocycles. The van der Waals surface area contributed by atoms with E-state index in [-0.39, 0.29) is 16.9 Å². The lowest BCUT2D eigenvalue weighted by molar-refractivity contribution is -0.136. The van der Waals surface area contributed by atoms with Gasteiger partial charge < -0.3 is 4.57 Å². The summed E-state index contributed by atoms with van der Waals surface area (Å²) in [6.45, 7) is 0.938. The van der Waals surface area contributed by atoms with E-state index in [1.807, 2.05) is 0 Å². The largest absolute Gasteiger partial charge is 0.390 e. The van der Waals surface area contributed by atoms with Crippen molar-refractivity contribution < 1.29 is 22.0 Å². The minimum absolute atomic E-state index is 0.0774. The van der Waals surface area contributed by atoms with Gasteiger partial charge in [0.15, 0.2) is 11.6 Å². The van der Waals surface area contributed by atoms with Crippen LogP contribution in [0.3, 0.4) is 0 Å². The highest BCUT2D eigenvalue weighted by Crippen LogP contribution is 2.29. The fourth-order valence-corrected chi connectivity index (χ4v) is 2.11. The number of benzene rings is 1. The molecule has 0 aliphatic carbocycles. The maximum atomic E-state index is 13.8. The van der Waals surface area contributed by atoms with Crippen LogP contribution in [-0.4, -0.2) is 15.7 Å². The van der Waals surface area contributed by atoms with E-state index in [0.717, 1.165) is 10.6 Å². The SMILES string of the molecule is CC(Cl)c1nc2ccc(F)c(F)c2n1CCC(F)(F)F. The Morgan fingerprint density at radius 2 is 1.95 bits per heavy atom. The van der Waals surface area contributed by atoms with E-state index in [1.165, 1.54) is 13.0 Å². The van der Waals surface area contributed by atoms with Crippen LogP contribution in [0.4, 0.5) is 22.0 Å². The van der Waals surface area contributed by atoms with Gasteiger partial charge in [0.05, 0.1) is 17.3 Å². The second kappa shape index (κ2) is 5.20. The maximum Gasteiger partial charge on any atom is 0.390 e. The second-order valence-corrected chi connectivity index (χ2v) is 4.99. The third kappa shape index (κ3) is 2.87. The number of aryl methyl sites for hydroxylation is 1. The van der Waals surface area contributed by atoms with Gasteiger partial charge in [-0.3, -0.25) is 0 Å². The number of hydrogen-bond acceptors (Lipinski definition) is 1. The van der Waals surface area contributed by atoms with Gasteiger partial charge in [-0.1, -0.05) is 0 Å². The van der Waals surface area contributed by atoms with Crippen molar-refractivity contribution in [2.45, 2.75) is 31.4 Å². The highest BCUT2D eigenvalue weighted by molar-refractivity contribution is 6.20. The van der Waals surface area contributed by atoms with Crippen LogP contribution in [0.5, 0.6) is 0 Å². The minimum atomic E-state index is -4.41. The first-order valence-electron chi connectivity index (χ1n) is 5.75. The molecule has 0 bridgehead atoms. The van der Waals surface area contributed by atoms with E-state index >= 15 is 0 Å². The molecule has 2 aromatic rings. The molecule has 0 aliphatic heterocycles. The van der Waals surface area contributed by atoms with Crippen molar-refractivity contribution in [2.75, 3.05) is 0 Å². The Hall–Kier alpha value is -1.37. The Labute approximate surface area is 116 Å². The lowest BCUT2D eigenvalue weighted by atomic mass is 10.3. The predicted octanol–water partition coefficient (Wildman–Crippen LogP) is 4.57. The standard InChI is InChI=1S/C12H10ClF5N2/c1-6(13)11-19-8-3-2-7(14)9(15)10(8)20(11)5-4-12(16,17)18/h2-3,6H,4-5H2,1H3. The van der Waals surface area contributed by atoms with Crippen molar-refractivity contribution in [3.05, 3.63) is 29.6 Å². The second-order valence-electron chi connectivity index (χ2n) is 4.33. The smallest absolute Gasteiger partial charge is 0.324 e. The van der Waals surface area contributed by atoms with E-state index in [1.54, 1.807) is 0 Å². The van der Waals surface area contributed by atoms with E-state index < -0.39 is 36.2 Å². The molecule has 8 heteroatoms. The molecule has 1 unspecified atom stereocenters. The normalized spacial score (nSPS) is 13.9. The van der Waals surface area contributed by atoms with Gasteiger partial charge in [0.25, 0.3) is 0 Å². The average molecular weight is 313 g/mol. The Morgan fingerprint density at radius 3 is 2.50 bits per heavy atom. The Bertz CT molecular complexity index is 633. The fourth-order valence-electron chi connectivity index (χ4n) is 1.94. The molecular formula is C12H10ClF5N2. The van der Waals surface area contributed by atoms with Crippen LogP contribution in [-0.2, 0) is 6.54 Å². The number of imidazole rings is 1. The van der Waals surface area contributed by atoms with Crippen molar-refractivity contribution in [1.82, 2.24) is 9.55 Å². The minimum Gasteiger partial charge on any atom is -0.324 e. The summed E-state index contributed by atoms with van der Waals surface area (Å²) in [5.74, 6) is -2.28. The van der Waals surface area contributed by atoms with Crippen molar-refractivity contribution in [3.63, 3.8) is 0 Å². The zero-order valence-corrected chi connectivity index (χ0v) is 11.1. The number of rotatable bonds is 3. The van der Waals surface area contributed by atoms with Crippen LogP contribution in [0.2, 0.25) is 0 Å². The number of hydrogen-bond donors (Lipinski definition) is 0. The summed E-state index contributed by atoms with van der Waals surface area (Å²) >= 11 is 5.84. The van der Waals surface area contributed by atoms with E-state index in [4.69, 9.17) is 11.6 Å². The zero-order valence-electron chi connectivity index (χ0n) is 10.3. The van der Waals surface area contributed by atoms with Gasteiger partial charge in [-0.05, 0) is 19.1 Å². The number of halogens is 6. The van der Waals surface area contributed by atoms with Gasteiger partial charge in [-0.15, -0.1) is 11.6 Å². The van der Waals surface area contributed by atoms with Crippen molar-refractivity contribution >= 4 is 22.6 Å². The zero-order chi connectivity index (χ0) is 15.1. The molecule has 0 saturated carbocycles. The first-order valence-corrected chi connectivity index (χ1v) is 6.19. The topological polar surface area (TPSA) is 17.8 Å². The Morgan fingerprint density at radius 1 is 1.30 bits per heavy atom. The molecule has 2 rings (SSSR count). The van der Waals surface area contributed by atoms with Gasteiger partial charge in [-0.2, -0.15) is 13.2 Å². The van der Waals surface area contributed by atoms with E-state index in [0.29, 0.717) is 0 Å². The number of fused-ring (bicyclic) bond motifs is 1. The molecule has 1 aromatic heterocycles. The molecule has 0 fully saturated rings. The summed E-state index contributed by atoms with van der Waals surface area (Å²) in [4.78, 5) is 3.97. The van der Waals surface area contributed by atoms with E-state index in [9.17, 15) is 22.0 Å². The van der Waals surface area contributed by atoms with Crippen LogP contribution >= 0.6 is 11.6 Å². The number of nitrogens with zero attached hydrogens (tertiary/aromatic N) is 2. The highest BCUT2D eigenvalue weighted by atomic mass is 35.5. The monoisotopic (exact) mass is 312 g/mol. The van der Waals surface area contributed by atoms with Crippen LogP contribution in [0.1, 0.15) is 24.5 Å². The molecule has 1 atom stereocenters. The summed E-state index contributed by atoms with van der Waals surface area (Å²) in [6.07, 6.45) is -5.59. The highest BCUT2D eigenvalue weighted by Gasteiger charge is 2.29. The third-order valence-corrected chi connectivity index (χ3v) is 3.00. The first kappa shape index (κ1) is 15.0. The van der Waals surface area contributed by atoms with Crippen LogP contribution in [0, 0.1) is 11.6 Å². The predicted molar refractivity (Wildman–Crippen MR) is 64.6 cm³/mol. The summed E-state index contributed by atoms with van der Waals surface area (Å²) in [5, 5.41) is -0.724. The molecule has 2 nitrogen and oxygen atoms in total. The maximum absolute atomic E-state index is 13.8.